The molecule has 8 heteroatoms. The summed E-state index contributed by atoms with van der Waals surface area (Å²) >= 11 is 0. The molecular formula is C13H22N6O2. The predicted octanol–water partition coefficient (Wildman–Crippen LogP) is 2.36. The Morgan fingerprint density at radius 2 is 2.10 bits per heavy atom. The molecule has 2 rings (SSSR count). The van der Waals surface area contributed by atoms with E-state index in [1.165, 1.54) is 6.42 Å². The zero-order valence-electron chi connectivity index (χ0n) is 12.6. The summed E-state index contributed by atoms with van der Waals surface area (Å²) in [5.74, 6) is 5.74. The molecule has 1 heterocycles. The van der Waals surface area contributed by atoms with Crippen molar-refractivity contribution in [1.82, 2.24) is 9.97 Å². The number of aromatic nitrogens is 2. The molecule has 0 amide bonds. The molecule has 1 aromatic rings. The lowest BCUT2D eigenvalue weighted by molar-refractivity contribution is -0.385. The van der Waals surface area contributed by atoms with Gasteiger partial charge in [-0.3, -0.25) is 15.5 Å². The number of hydrogen-bond donors (Lipinski definition) is 3. The molecule has 4 N–H and O–H groups in total. The third-order valence-corrected chi connectivity index (χ3v) is 4.19. The third-order valence-electron chi connectivity index (χ3n) is 4.19. The van der Waals surface area contributed by atoms with Crippen molar-refractivity contribution < 1.29 is 4.92 Å². The number of hydrazine groups is 1. The Kier molecular flexibility index (Phi) is 4.26. The van der Waals surface area contributed by atoms with Gasteiger partial charge < -0.3 is 5.32 Å². The minimum atomic E-state index is -0.451. The number of aryl methyl sites for hydroxylation is 1. The van der Waals surface area contributed by atoms with Crippen LogP contribution in [0.15, 0.2) is 0 Å². The minimum absolute atomic E-state index is 0.0707. The highest BCUT2D eigenvalue weighted by atomic mass is 16.6. The van der Waals surface area contributed by atoms with E-state index in [4.69, 9.17) is 5.84 Å². The highest BCUT2D eigenvalue weighted by molar-refractivity contribution is 5.61. The lowest BCUT2D eigenvalue weighted by Gasteiger charge is -2.39. The first-order chi connectivity index (χ1) is 9.85. The maximum Gasteiger partial charge on any atom is 0.332 e. The molecule has 1 aliphatic rings. The fourth-order valence-electron chi connectivity index (χ4n) is 2.88. The van der Waals surface area contributed by atoms with Crippen LogP contribution >= 0.6 is 0 Å². The summed E-state index contributed by atoms with van der Waals surface area (Å²) in [6.07, 6.45) is 4.36. The van der Waals surface area contributed by atoms with E-state index in [-0.39, 0.29) is 28.9 Å². The quantitative estimate of drug-likeness (QED) is 0.443. The van der Waals surface area contributed by atoms with Gasteiger partial charge in [-0.25, -0.2) is 10.8 Å². The zero-order valence-corrected chi connectivity index (χ0v) is 12.6. The fourth-order valence-corrected chi connectivity index (χ4v) is 2.88. The molecule has 116 valence electrons. The molecule has 0 aromatic carbocycles. The summed E-state index contributed by atoms with van der Waals surface area (Å²) in [7, 11) is 0. The van der Waals surface area contributed by atoms with Gasteiger partial charge in [0.15, 0.2) is 0 Å². The van der Waals surface area contributed by atoms with Crippen molar-refractivity contribution in [3.63, 3.8) is 0 Å². The Balaban J connectivity index is 2.37. The van der Waals surface area contributed by atoms with Crippen molar-refractivity contribution >= 4 is 17.5 Å². The number of nitrogens with zero attached hydrogens (tertiary/aromatic N) is 3. The van der Waals surface area contributed by atoms with Crippen molar-refractivity contribution in [1.29, 1.82) is 0 Å². The van der Waals surface area contributed by atoms with Gasteiger partial charge in [0.2, 0.25) is 11.8 Å². The van der Waals surface area contributed by atoms with Gasteiger partial charge in [0, 0.05) is 6.04 Å². The Labute approximate surface area is 123 Å². The summed E-state index contributed by atoms with van der Waals surface area (Å²) < 4.78 is 0. The van der Waals surface area contributed by atoms with E-state index in [1.54, 1.807) is 6.92 Å². The number of nitrogens with two attached hydrogens (primary N) is 1. The summed E-state index contributed by atoms with van der Waals surface area (Å²) in [4.78, 5) is 18.9. The van der Waals surface area contributed by atoms with Crippen molar-refractivity contribution in [2.24, 2.45) is 11.3 Å². The second-order valence-electron chi connectivity index (χ2n) is 6.16. The second kappa shape index (κ2) is 5.80. The normalized spacial score (nSPS) is 20.9. The highest BCUT2D eigenvalue weighted by Crippen LogP contribution is 2.38. The Morgan fingerprint density at radius 1 is 1.38 bits per heavy atom. The van der Waals surface area contributed by atoms with Crippen LogP contribution in [0.4, 0.5) is 17.5 Å². The number of nitrogen functional groups attached to an aromatic ring is 1. The van der Waals surface area contributed by atoms with E-state index in [0.717, 1.165) is 19.3 Å². The molecule has 8 nitrogen and oxygen atoms in total. The monoisotopic (exact) mass is 294 g/mol. The lowest BCUT2D eigenvalue weighted by atomic mass is 9.73. The Morgan fingerprint density at radius 3 is 2.67 bits per heavy atom. The van der Waals surface area contributed by atoms with Gasteiger partial charge in [-0.05, 0) is 25.2 Å². The van der Waals surface area contributed by atoms with Gasteiger partial charge in [-0.2, -0.15) is 4.98 Å². The highest BCUT2D eigenvalue weighted by Gasteiger charge is 2.34. The van der Waals surface area contributed by atoms with Crippen molar-refractivity contribution in [3.05, 3.63) is 15.8 Å². The second-order valence-corrected chi connectivity index (χ2v) is 6.16. The number of nitrogens with one attached hydrogen (secondary N) is 2. The molecule has 1 saturated carbocycles. The number of hydrogen-bond acceptors (Lipinski definition) is 7. The van der Waals surface area contributed by atoms with Gasteiger partial charge >= 0.3 is 5.69 Å². The van der Waals surface area contributed by atoms with Crippen LogP contribution in [0, 0.1) is 22.5 Å². The first-order valence-electron chi connectivity index (χ1n) is 7.11. The largest absolute Gasteiger partial charge is 0.361 e. The van der Waals surface area contributed by atoms with Crippen LogP contribution in [-0.2, 0) is 0 Å². The molecular weight excluding hydrogens is 272 g/mol. The van der Waals surface area contributed by atoms with Gasteiger partial charge in [-0.15, -0.1) is 0 Å². The number of anilines is 2. The summed E-state index contributed by atoms with van der Waals surface area (Å²) in [5.41, 5.74) is 2.62. The molecule has 1 unspecified atom stereocenters. The standard InChI is InChI=1S/C13H22N6O2/c1-8-10(19(20)21)11(17-12(15-8)18-14)16-9-6-4-5-7-13(9,2)3/h9H,4-7,14H2,1-3H3,(H2,15,16,17,18). The van der Waals surface area contributed by atoms with E-state index in [1.807, 2.05) is 0 Å². The summed E-state index contributed by atoms with van der Waals surface area (Å²) in [6.45, 7) is 5.93. The first kappa shape index (κ1) is 15.4. The summed E-state index contributed by atoms with van der Waals surface area (Å²) in [5, 5.41) is 14.5. The van der Waals surface area contributed by atoms with Crippen LogP contribution in [-0.4, -0.2) is 20.9 Å². The molecule has 0 aliphatic heterocycles. The Hall–Kier alpha value is -1.96. The SMILES string of the molecule is Cc1nc(NN)nc(NC2CCCCC2(C)C)c1[N+](=O)[O-]. The van der Waals surface area contributed by atoms with Crippen molar-refractivity contribution in [2.45, 2.75) is 52.5 Å². The molecule has 21 heavy (non-hydrogen) atoms. The molecule has 1 aliphatic carbocycles. The van der Waals surface area contributed by atoms with E-state index >= 15 is 0 Å². The van der Waals surface area contributed by atoms with Crippen molar-refractivity contribution in [2.75, 3.05) is 10.7 Å². The molecule has 1 aromatic heterocycles. The topological polar surface area (TPSA) is 119 Å². The van der Waals surface area contributed by atoms with E-state index in [2.05, 4.69) is 34.6 Å². The summed E-state index contributed by atoms with van der Waals surface area (Å²) in [6, 6.07) is 0.143. The van der Waals surface area contributed by atoms with Gasteiger partial charge in [0.1, 0.15) is 5.69 Å². The fraction of sp³-hybridized carbons (Fsp3) is 0.692. The average molecular weight is 294 g/mol. The molecule has 0 spiro atoms. The maximum atomic E-state index is 11.3. The van der Waals surface area contributed by atoms with Crippen LogP contribution in [0.2, 0.25) is 0 Å². The Bertz CT molecular complexity index is 546. The maximum absolute atomic E-state index is 11.3. The van der Waals surface area contributed by atoms with Crippen molar-refractivity contribution in [3.8, 4) is 0 Å². The van der Waals surface area contributed by atoms with Crippen LogP contribution in [0.3, 0.4) is 0 Å². The minimum Gasteiger partial charge on any atom is -0.361 e. The lowest BCUT2D eigenvalue weighted by Crippen LogP contribution is -2.39. The molecule has 0 radical (unpaired) electrons. The molecule has 1 fully saturated rings. The van der Waals surface area contributed by atoms with Crippen LogP contribution in [0.25, 0.3) is 0 Å². The number of nitro groups is 1. The smallest absolute Gasteiger partial charge is 0.332 e. The van der Waals surface area contributed by atoms with E-state index in [9.17, 15) is 10.1 Å². The average Bonchev–Trinajstić information content (AvgIpc) is 2.40. The molecule has 0 saturated heterocycles. The van der Waals surface area contributed by atoms with E-state index < -0.39 is 4.92 Å². The van der Waals surface area contributed by atoms with Gasteiger partial charge in [0.05, 0.1) is 4.92 Å². The third kappa shape index (κ3) is 3.21. The molecule has 0 bridgehead atoms. The van der Waals surface area contributed by atoms with Crippen LogP contribution in [0.5, 0.6) is 0 Å². The predicted molar refractivity (Wildman–Crippen MR) is 80.9 cm³/mol. The van der Waals surface area contributed by atoms with Crippen LogP contribution < -0.4 is 16.6 Å². The number of rotatable bonds is 4. The van der Waals surface area contributed by atoms with Crippen LogP contribution in [0.1, 0.15) is 45.2 Å². The van der Waals surface area contributed by atoms with E-state index in [0.29, 0.717) is 5.69 Å². The zero-order chi connectivity index (χ0) is 15.6. The van der Waals surface area contributed by atoms with Gasteiger partial charge in [-0.1, -0.05) is 26.7 Å². The first-order valence-corrected chi connectivity index (χ1v) is 7.11. The van der Waals surface area contributed by atoms with Gasteiger partial charge in [0.25, 0.3) is 0 Å². The molecule has 1 atom stereocenters.